The highest BCUT2D eigenvalue weighted by atomic mass is 16.2. The molecule has 5 nitrogen and oxygen atoms in total. The lowest BCUT2D eigenvalue weighted by molar-refractivity contribution is -0.116. The number of rotatable bonds is 5. The maximum atomic E-state index is 12.4. The van der Waals surface area contributed by atoms with Gasteiger partial charge in [0.15, 0.2) is 0 Å². The number of fused-ring (bicyclic) bond motifs is 1. The molecule has 1 aliphatic heterocycles. The Morgan fingerprint density at radius 2 is 1.83 bits per heavy atom. The molecule has 2 N–H and O–H groups in total. The van der Waals surface area contributed by atoms with Crippen LogP contribution in [0.4, 0.5) is 11.4 Å². The van der Waals surface area contributed by atoms with Gasteiger partial charge in [0.2, 0.25) is 5.91 Å². The normalized spacial score (nSPS) is 12.6. The molecular formula is C19H21N3O2. The second-order valence-electron chi connectivity index (χ2n) is 5.71. The molecule has 0 saturated carbocycles. The summed E-state index contributed by atoms with van der Waals surface area (Å²) < 4.78 is 0. The molecule has 24 heavy (non-hydrogen) atoms. The highest BCUT2D eigenvalue weighted by Crippen LogP contribution is 2.27. The summed E-state index contributed by atoms with van der Waals surface area (Å²) in [6, 6.07) is 15.1. The topological polar surface area (TPSA) is 61.4 Å². The highest BCUT2D eigenvalue weighted by Gasteiger charge is 2.23. The molecule has 0 fully saturated rings. The van der Waals surface area contributed by atoms with E-state index in [0.717, 1.165) is 24.3 Å². The van der Waals surface area contributed by atoms with E-state index in [4.69, 9.17) is 0 Å². The first kappa shape index (κ1) is 16.1. The number of hydrogen-bond acceptors (Lipinski definition) is 3. The molecule has 2 amide bonds. The van der Waals surface area contributed by atoms with Crippen LogP contribution in [0.25, 0.3) is 0 Å². The van der Waals surface area contributed by atoms with Gasteiger partial charge in [-0.05, 0) is 49.2 Å². The van der Waals surface area contributed by atoms with Crippen molar-refractivity contribution in [3.63, 3.8) is 0 Å². The number of carbonyl (C=O) groups excluding carboxylic acids is 2. The van der Waals surface area contributed by atoms with Gasteiger partial charge < -0.3 is 15.5 Å². The Morgan fingerprint density at radius 3 is 2.58 bits per heavy atom. The molecule has 5 heteroatoms. The molecule has 0 aliphatic carbocycles. The molecule has 1 aliphatic rings. The van der Waals surface area contributed by atoms with E-state index in [2.05, 4.69) is 16.7 Å². The van der Waals surface area contributed by atoms with Gasteiger partial charge in [-0.15, -0.1) is 0 Å². The first-order chi connectivity index (χ1) is 11.7. The van der Waals surface area contributed by atoms with E-state index in [1.807, 2.05) is 42.2 Å². The number of nitrogens with zero attached hydrogens (tertiary/aromatic N) is 1. The molecule has 0 saturated heterocycles. The Morgan fingerprint density at radius 1 is 1.08 bits per heavy atom. The number of nitrogens with one attached hydrogen (secondary N) is 2. The van der Waals surface area contributed by atoms with E-state index >= 15 is 0 Å². The first-order valence-electron chi connectivity index (χ1n) is 8.19. The number of amides is 2. The van der Waals surface area contributed by atoms with Crippen molar-refractivity contribution in [2.75, 3.05) is 29.9 Å². The number of benzene rings is 2. The second-order valence-corrected chi connectivity index (χ2v) is 5.71. The van der Waals surface area contributed by atoms with Crippen molar-refractivity contribution >= 4 is 23.2 Å². The number of para-hydroxylation sites is 1. The molecule has 0 radical (unpaired) electrons. The predicted molar refractivity (Wildman–Crippen MR) is 95.4 cm³/mol. The minimum absolute atomic E-state index is 0.0488. The fourth-order valence-electron chi connectivity index (χ4n) is 2.87. The zero-order chi connectivity index (χ0) is 16.9. The summed E-state index contributed by atoms with van der Waals surface area (Å²) in [4.78, 5) is 26.0. The Hall–Kier alpha value is -2.82. The molecule has 0 unspecified atom stereocenters. The van der Waals surface area contributed by atoms with E-state index < -0.39 is 0 Å². The van der Waals surface area contributed by atoms with Crippen molar-refractivity contribution < 1.29 is 9.59 Å². The van der Waals surface area contributed by atoms with Crippen molar-refractivity contribution in [2.45, 2.75) is 13.3 Å². The van der Waals surface area contributed by atoms with Crippen LogP contribution in [0, 0.1) is 0 Å². The van der Waals surface area contributed by atoms with Gasteiger partial charge in [-0.3, -0.25) is 9.59 Å². The number of anilines is 2. The summed E-state index contributed by atoms with van der Waals surface area (Å²) in [6.45, 7) is 3.45. The zero-order valence-electron chi connectivity index (χ0n) is 13.7. The molecule has 1 heterocycles. The molecule has 3 rings (SSSR count). The van der Waals surface area contributed by atoms with E-state index in [0.29, 0.717) is 12.1 Å². The Balaban J connectivity index is 1.58. The molecule has 2 aromatic carbocycles. The molecule has 0 aromatic heterocycles. The summed E-state index contributed by atoms with van der Waals surface area (Å²) in [5.41, 5.74) is 3.67. The van der Waals surface area contributed by atoms with Crippen molar-refractivity contribution in [1.29, 1.82) is 0 Å². The van der Waals surface area contributed by atoms with E-state index in [-0.39, 0.29) is 18.4 Å². The lowest BCUT2D eigenvalue weighted by Crippen LogP contribution is -2.34. The van der Waals surface area contributed by atoms with Gasteiger partial charge in [-0.2, -0.15) is 0 Å². The summed E-state index contributed by atoms with van der Waals surface area (Å²) in [5.74, 6) is -0.0402. The molecule has 0 spiro atoms. The van der Waals surface area contributed by atoms with Gasteiger partial charge in [0.05, 0.1) is 6.54 Å². The van der Waals surface area contributed by atoms with Crippen LogP contribution in [0.2, 0.25) is 0 Å². The minimum Gasteiger partial charge on any atom is -0.376 e. The third-order valence-corrected chi connectivity index (χ3v) is 4.12. The summed E-state index contributed by atoms with van der Waals surface area (Å²) in [5, 5.41) is 5.89. The average Bonchev–Trinajstić information content (AvgIpc) is 3.04. The van der Waals surface area contributed by atoms with E-state index in [1.165, 1.54) is 5.56 Å². The molecule has 0 bridgehead atoms. The van der Waals surface area contributed by atoms with E-state index in [9.17, 15) is 9.59 Å². The maximum absolute atomic E-state index is 12.4. The number of hydrogen-bond donors (Lipinski definition) is 2. The second kappa shape index (κ2) is 7.17. The lowest BCUT2D eigenvalue weighted by atomic mass is 10.2. The van der Waals surface area contributed by atoms with Crippen molar-refractivity contribution in [3.05, 3.63) is 59.7 Å². The van der Waals surface area contributed by atoms with Crippen LogP contribution in [-0.2, 0) is 11.2 Å². The van der Waals surface area contributed by atoms with Crippen LogP contribution < -0.4 is 15.5 Å². The lowest BCUT2D eigenvalue weighted by Gasteiger charge is -2.18. The summed E-state index contributed by atoms with van der Waals surface area (Å²) in [6.07, 6.45) is 0.906. The van der Waals surface area contributed by atoms with Crippen LogP contribution in [0.1, 0.15) is 22.8 Å². The van der Waals surface area contributed by atoms with Crippen LogP contribution in [0.15, 0.2) is 48.5 Å². The first-order valence-corrected chi connectivity index (χ1v) is 8.19. The SMILES string of the molecule is CCNC(=O)c1ccc(NCC(=O)N2CCc3ccccc32)cc1. The highest BCUT2D eigenvalue weighted by molar-refractivity contribution is 5.98. The third kappa shape index (κ3) is 3.40. The largest absolute Gasteiger partial charge is 0.376 e. The Bertz CT molecular complexity index is 741. The van der Waals surface area contributed by atoms with Crippen molar-refractivity contribution in [3.8, 4) is 0 Å². The van der Waals surface area contributed by atoms with Crippen molar-refractivity contribution in [2.24, 2.45) is 0 Å². The van der Waals surface area contributed by atoms with Crippen molar-refractivity contribution in [1.82, 2.24) is 5.32 Å². The van der Waals surface area contributed by atoms with Gasteiger partial charge >= 0.3 is 0 Å². The fourth-order valence-corrected chi connectivity index (χ4v) is 2.87. The molecule has 2 aromatic rings. The Kier molecular flexibility index (Phi) is 4.79. The van der Waals surface area contributed by atoms with E-state index in [1.54, 1.807) is 12.1 Å². The molecular weight excluding hydrogens is 302 g/mol. The maximum Gasteiger partial charge on any atom is 0.251 e. The Labute approximate surface area is 141 Å². The third-order valence-electron chi connectivity index (χ3n) is 4.12. The zero-order valence-corrected chi connectivity index (χ0v) is 13.7. The fraction of sp³-hybridized carbons (Fsp3) is 0.263. The van der Waals surface area contributed by atoms with Gasteiger partial charge in [0.1, 0.15) is 0 Å². The van der Waals surface area contributed by atoms with Crippen LogP contribution in [-0.4, -0.2) is 31.4 Å². The molecule has 0 atom stereocenters. The monoisotopic (exact) mass is 323 g/mol. The van der Waals surface area contributed by atoms with Gasteiger partial charge in [0.25, 0.3) is 5.91 Å². The smallest absolute Gasteiger partial charge is 0.251 e. The quantitative estimate of drug-likeness (QED) is 0.888. The summed E-state index contributed by atoms with van der Waals surface area (Å²) in [7, 11) is 0. The van der Waals surface area contributed by atoms with Crippen LogP contribution >= 0.6 is 0 Å². The van der Waals surface area contributed by atoms with Gasteiger partial charge in [-0.1, -0.05) is 18.2 Å². The van der Waals surface area contributed by atoms with Crippen LogP contribution in [0.3, 0.4) is 0 Å². The standard InChI is InChI=1S/C19H21N3O2/c1-2-20-19(24)15-7-9-16(10-8-15)21-13-18(23)22-12-11-14-5-3-4-6-17(14)22/h3-10,21H,2,11-13H2,1H3,(H,20,24). The number of carbonyl (C=O) groups is 2. The predicted octanol–water partition coefficient (Wildman–Crippen LogP) is 2.44. The van der Waals surface area contributed by atoms with Gasteiger partial charge in [-0.25, -0.2) is 0 Å². The van der Waals surface area contributed by atoms with Gasteiger partial charge in [0, 0.05) is 30.0 Å². The minimum atomic E-state index is -0.0891. The van der Waals surface area contributed by atoms with Crippen LogP contribution in [0.5, 0.6) is 0 Å². The molecule has 124 valence electrons. The average molecular weight is 323 g/mol. The summed E-state index contributed by atoms with van der Waals surface area (Å²) >= 11 is 0.